The summed E-state index contributed by atoms with van der Waals surface area (Å²) in [5.41, 5.74) is 2.01. The number of nitrogens with one attached hydrogen (secondary N) is 2. The van der Waals surface area contributed by atoms with E-state index in [-0.39, 0.29) is 17.6 Å². The molecule has 0 spiro atoms. The van der Waals surface area contributed by atoms with Crippen LogP contribution in [0.15, 0.2) is 42.5 Å². The van der Waals surface area contributed by atoms with Crippen molar-refractivity contribution in [1.82, 2.24) is 10.6 Å². The number of benzene rings is 2. The van der Waals surface area contributed by atoms with Crippen molar-refractivity contribution < 1.29 is 23.5 Å². The molecule has 2 N–H and O–H groups in total. The molecule has 2 aromatic carbocycles. The lowest BCUT2D eigenvalue weighted by molar-refractivity contribution is -0.136. The maximum atomic E-state index is 13.7. The Hall–Kier alpha value is -2.93. The number of hydrogen-bond acceptors (Lipinski definition) is 4. The summed E-state index contributed by atoms with van der Waals surface area (Å²) in [5.74, 6) is 0.146. The molecule has 0 unspecified atom stereocenters. The third kappa shape index (κ3) is 5.82. The topological polar surface area (TPSA) is 76.7 Å². The van der Waals surface area contributed by atoms with Gasteiger partial charge in [0.05, 0.1) is 12.5 Å². The number of amides is 2. The number of ether oxygens (including phenoxy) is 2. The molecule has 1 aliphatic heterocycles. The molecule has 166 valence electrons. The number of carbonyl (C=O) groups excluding carboxylic acids is 2. The second-order valence-electron chi connectivity index (χ2n) is 7.85. The van der Waals surface area contributed by atoms with Gasteiger partial charge in [0, 0.05) is 38.8 Å². The van der Waals surface area contributed by atoms with Crippen molar-refractivity contribution in [3.8, 4) is 16.9 Å². The Bertz CT molecular complexity index is 908. The summed E-state index contributed by atoms with van der Waals surface area (Å²) in [6.07, 6.45) is 1.86. The van der Waals surface area contributed by atoms with Crippen molar-refractivity contribution in [2.24, 2.45) is 5.41 Å². The first kappa shape index (κ1) is 22.7. The molecule has 0 radical (unpaired) electrons. The molecule has 1 fully saturated rings. The molecule has 2 aromatic rings. The monoisotopic (exact) mass is 428 g/mol. The van der Waals surface area contributed by atoms with Crippen LogP contribution in [0.5, 0.6) is 5.75 Å². The number of rotatable bonds is 8. The van der Waals surface area contributed by atoms with E-state index in [4.69, 9.17) is 9.47 Å². The Morgan fingerprint density at radius 1 is 1.06 bits per heavy atom. The Morgan fingerprint density at radius 3 is 2.39 bits per heavy atom. The van der Waals surface area contributed by atoms with Crippen molar-refractivity contribution in [2.75, 3.05) is 33.4 Å². The highest BCUT2D eigenvalue weighted by atomic mass is 19.1. The molecule has 6 nitrogen and oxygen atoms in total. The largest absolute Gasteiger partial charge is 0.496 e. The van der Waals surface area contributed by atoms with Gasteiger partial charge in [-0.2, -0.15) is 0 Å². The molecule has 0 saturated carbocycles. The van der Waals surface area contributed by atoms with Crippen molar-refractivity contribution in [3.05, 3.63) is 53.8 Å². The fourth-order valence-corrected chi connectivity index (χ4v) is 3.95. The minimum Gasteiger partial charge on any atom is -0.496 e. The summed E-state index contributed by atoms with van der Waals surface area (Å²) >= 11 is 0. The molecule has 0 atom stereocenters. The van der Waals surface area contributed by atoms with Crippen molar-refractivity contribution >= 4 is 11.8 Å². The summed E-state index contributed by atoms with van der Waals surface area (Å²) < 4.78 is 24.6. The molecule has 2 amide bonds. The lowest BCUT2D eigenvalue weighted by Gasteiger charge is -2.36. The smallest absolute Gasteiger partial charge is 0.226 e. The first-order valence-corrected chi connectivity index (χ1v) is 10.5. The van der Waals surface area contributed by atoms with Crippen LogP contribution < -0.4 is 15.4 Å². The van der Waals surface area contributed by atoms with E-state index in [0.29, 0.717) is 56.9 Å². The standard InChI is InChI=1S/C24H29FN2O4/c1-17(28)26-11-12-27-23(29)24(9-13-31-14-10-24)16-18-3-5-19(6-4-18)21-15-20(25)7-8-22(21)30-2/h3-8,15H,9-14,16H2,1-2H3,(H,26,28)(H,27,29). The van der Waals surface area contributed by atoms with Crippen LogP contribution >= 0.6 is 0 Å². The molecule has 0 bridgehead atoms. The van der Waals surface area contributed by atoms with Crippen LogP contribution in [0.1, 0.15) is 25.3 Å². The highest BCUT2D eigenvalue weighted by Gasteiger charge is 2.39. The summed E-state index contributed by atoms with van der Waals surface area (Å²) in [4.78, 5) is 24.1. The van der Waals surface area contributed by atoms with E-state index in [9.17, 15) is 14.0 Å². The maximum Gasteiger partial charge on any atom is 0.226 e. The normalized spacial score (nSPS) is 15.2. The van der Waals surface area contributed by atoms with E-state index >= 15 is 0 Å². The Kier molecular flexibility index (Phi) is 7.63. The third-order valence-electron chi connectivity index (χ3n) is 5.69. The molecule has 31 heavy (non-hydrogen) atoms. The van der Waals surface area contributed by atoms with Crippen molar-refractivity contribution in [3.63, 3.8) is 0 Å². The van der Waals surface area contributed by atoms with Gasteiger partial charge in [0.2, 0.25) is 11.8 Å². The van der Waals surface area contributed by atoms with Gasteiger partial charge in [0.15, 0.2) is 0 Å². The SMILES string of the molecule is COc1ccc(F)cc1-c1ccc(CC2(C(=O)NCCNC(C)=O)CCOCC2)cc1. The van der Waals surface area contributed by atoms with Crippen LogP contribution in [-0.4, -0.2) is 45.2 Å². The van der Waals surface area contributed by atoms with E-state index in [0.717, 1.165) is 11.1 Å². The second kappa shape index (κ2) is 10.4. The fraction of sp³-hybridized carbons (Fsp3) is 0.417. The molecule has 1 saturated heterocycles. The predicted octanol–water partition coefficient (Wildman–Crippen LogP) is 3.09. The Morgan fingerprint density at radius 2 is 1.74 bits per heavy atom. The molecular formula is C24H29FN2O4. The van der Waals surface area contributed by atoms with Crippen LogP contribution in [0, 0.1) is 11.2 Å². The van der Waals surface area contributed by atoms with Gasteiger partial charge in [-0.05, 0) is 48.6 Å². The quantitative estimate of drug-likeness (QED) is 0.634. The lowest BCUT2D eigenvalue weighted by Crippen LogP contribution is -2.47. The van der Waals surface area contributed by atoms with Gasteiger partial charge < -0.3 is 20.1 Å². The Labute approximate surface area is 182 Å². The van der Waals surface area contributed by atoms with Gasteiger partial charge in [0.1, 0.15) is 11.6 Å². The zero-order valence-corrected chi connectivity index (χ0v) is 18.0. The van der Waals surface area contributed by atoms with E-state index < -0.39 is 5.41 Å². The van der Waals surface area contributed by atoms with Gasteiger partial charge >= 0.3 is 0 Å². The van der Waals surface area contributed by atoms with E-state index in [1.807, 2.05) is 24.3 Å². The van der Waals surface area contributed by atoms with E-state index in [1.54, 1.807) is 13.2 Å². The summed E-state index contributed by atoms with van der Waals surface area (Å²) in [7, 11) is 1.56. The summed E-state index contributed by atoms with van der Waals surface area (Å²) in [6.45, 7) is 3.32. The number of halogens is 1. The molecular weight excluding hydrogens is 399 g/mol. The Balaban J connectivity index is 1.74. The van der Waals surface area contributed by atoms with Crippen LogP contribution in [0.4, 0.5) is 4.39 Å². The van der Waals surface area contributed by atoms with Crippen LogP contribution in [0.3, 0.4) is 0 Å². The molecule has 1 aliphatic rings. The highest BCUT2D eigenvalue weighted by Crippen LogP contribution is 2.36. The molecule has 0 aliphatic carbocycles. The first-order chi connectivity index (χ1) is 14.9. The number of carbonyl (C=O) groups is 2. The number of methoxy groups -OCH3 is 1. The van der Waals surface area contributed by atoms with Gasteiger partial charge in [-0.15, -0.1) is 0 Å². The van der Waals surface area contributed by atoms with Gasteiger partial charge in [0.25, 0.3) is 0 Å². The van der Waals surface area contributed by atoms with Crippen LogP contribution in [0.2, 0.25) is 0 Å². The maximum absolute atomic E-state index is 13.7. The second-order valence-corrected chi connectivity index (χ2v) is 7.85. The van der Waals surface area contributed by atoms with E-state index in [2.05, 4.69) is 10.6 Å². The van der Waals surface area contributed by atoms with Crippen LogP contribution in [-0.2, 0) is 20.7 Å². The average molecular weight is 429 g/mol. The minimum absolute atomic E-state index is 0.0166. The van der Waals surface area contributed by atoms with Gasteiger partial charge in [-0.1, -0.05) is 24.3 Å². The molecule has 7 heteroatoms. The zero-order valence-electron chi connectivity index (χ0n) is 18.0. The highest BCUT2D eigenvalue weighted by molar-refractivity contribution is 5.83. The lowest BCUT2D eigenvalue weighted by atomic mass is 9.74. The number of hydrogen-bond donors (Lipinski definition) is 2. The van der Waals surface area contributed by atoms with E-state index in [1.165, 1.54) is 19.1 Å². The fourth-order valence-electron chi connectivity index (χ4n) is 3.95. The molecule has 0 aromatic heterocycles. The van der Waals surface area contributed by atoms with Gasteiger partial charge in [-0.25, -0.2) is 4.39 Å². The third-order valence-corrected chi connectivity index (χ3v) is 5.69. The van der Waals surface area contributed by atoms with Crippen molar-refractivity contribution in [2.45, 2.75) is 26.2 Å². The molecule has 1 heterocycles. The summed E-state index contributed by atoms with van der Waals surface area (Å²) in [6, 6.07) is 12.2. The van der Waals surface area contributed by atoms with Gasteiger partial charge in [-0.3, -0.25) is 9.59 Å². The zero-order chi connectivity index (χ0) is 22.3. The minimum atomic E-state index is -0.549. The first-order valence-electron chi connectivity index (χ1n) is 10.5. The average Bonchev–Trinajstić information content (AvgIpc) is 2.77. The predicted molar refractivity (Wildman–Crippen MR) is 116 cm³/mol. The van der Waals surface area contributed by atoms with Crippen molar-refractivity contribution in [1.29, 1.82) is 0 Å². The molecule has 3 rings (SSSR count). The summed E-state index contributed by atoms with van der Waals surface area (Å²) in [5, 5.41) is 5.65. The van der Waals surface area contributed by atoms with Crippen LogP contribution in [0.25, 0.3) is 11.1 Å².